The number of hydrogen-bond acceptors (Lipinski definition) is 4. The number of benzene rings is 1. The number of likely N-dealkylation sites (tertiary alicyclic amines) is 1. The molecular weight excluding hydrogens is 354 g/mol. The molecule has 4 rings (SSSR count). The highest BCUT2D eigenvalue weighted by molar-refractivity contribution is 5.97. The summed E-state index contributed by atoms with van der Waals surface area (Å²) in [4.78, 5) is 29.0. The lowest BCUT2D eigenvalue weighted by atomic mass is 9.84. The summed E-state index contributed by atoms with van der Waals surface area (Å²) in [7, 11) is 0. The van der Waals surface area contributed by atoms with Crippen LogP contribution >= 0.6 is 0 Å². The molecule has 2 aliphatic rings. The average Bonchev–Trinajstić information content (AvgIpc) is 3.07. The number of amides is 2. The zero-order chi connectivity index (χ0) is 19.9. The van der Waals surface area contributed by atoms with Crippen LogP contribution in [0, 0.1) is 6.92 Å². The van der Waals surface area contributed by atoms with Gasteiger partial charge in [-0.1, -0.05) is 12.1 Å². The Hall–Kier alpha value is -2.83. The van der Waals surface area contributed by atoms with Gasteiger partial charge in [-0.2, -0.15) is 5.10 Å². The van der Waals surface area contributed by atoms with Gasteiger partial charge in [0.2, 0.25) is 5.91 Å². The van der Waals surface area contributed by atoms with E-state index in [1.807, 2.05) is 52.6 Å². The Morgan fingerprint density at radius 2 is 1.93 bits per heavy atom. The fraction of sp³-hybridized carbons (Fsp3) is 0.476. The van der Waals surface area contributed by atoms with E-state index in [1.54, 1.807) is 13.1 Å². The lowest BCUT2D eigenvalue weighted by Gasteiger charge is -2.48. The lowest BCUT2D eigenvalue weighted by Crippen LogP contribution is -2.59. The summed E-state index contributed by atoms with van der Waals surface area (Å²) in [6, 6.07) is 7.93. The number of piperidine rings is 1. The Labute approximate surface area is 165 Å². The maximum Gasteiger partial charge on any atom is 0.257 e. The summed E-state index contributed by atoms with van der Waals surface area (Å²) in [6.07, 6.45) is 3.29. The second kappa shape index (κ2) is 6.96. The standard InChI is InChI=1S/C21H27N5O2/c1-4-26-15(2)17(13-22-26)20(28)24-11-9-21(10-12-24)14-25(16(3)27)19-8-6-5-7-18(19)23-21/h5-8,13,23H,4,9-12,14H2,1-3H3. The van der Waals surface area contributed by atoms with Crippen LogP contribution in [0.15, 0.2) is 30.5 Å². The van der Waals surface area contributed by atoms with Crippen LogP contribution in [0.2, 0.25) is 0 Å². The van der Waals surface area contributed by atoms with Gasteiger partial charge in [-0.25, -0.2) is 0 Å². The minimum absolute atomic E-state index is 0.0479. The molecule has 1 saturated heterocycles. The van der Waals surface area contributed by atoms with E-state index in [2.05, 4.69) is 10.4 Å². The van der Waals surface area contributed by atoms with Crippen molar-refractivity contribution in [2.24, 2.45) is 0 Å². The summed E-state index contributed by atoms with van der Waals surface area (Å²) < 4.78 is 1.85. The molecule has 1 N–H and O–H groups in total. The topological polar surface area (TPSA) is 70.5 Å². The highest BCUT2D eigenvalue weighted by Gasteiger charge is 2.42. The summed E-state index contributed by atoms with van der Waals surface area (Å²) in [5.41, 5.74) is 3.33. The molecule has 0 aliphatic carbocycles. The molecule has 2 amide bonds. The molecule has 148 valence electrons. The van der Waals surface area contributed by atoms with E-state index < -0.39 is 0 Å². The number of rotatable bonds is 2. The van der Waals surface area contributed by atoms with Crippen LogP contribution in [-0.4, -0.2) is 51.7 Å². The van der Waals surface area contributed by atoms with E-state index >= 15 is 0 Å². The molecule has 7 nitrogen and oxygen atoms in total. The van der Waals surface area contributed by atoms with E-state index in [1.165, 1.54) is 0 Å². The van der Waals surface area contributed by atoms with Gasteiger partial charge in [0.25, 0.3) is 5.91 Å². The first-order valence-corrected chi connectivity index (χ1v) is 9.91. The van der Waals surface area contributed by atoms with Crippen molar-refractivity contribution in [3.05, 3.63) is 41.7 Å². The van der Waals surface area contributed by atoms with Gasteiger partial charge in [-0.05, 0) is 38.8 Å². The molecule has 1 fully saturated rings. The van der Waals surface area contributed by atoms with Gasteiger partial charge in [0.05, 0.1) is 28.7 Å². The fourth-order valence-corrected chi connectivity index (χ4v) is 4.38. The Kier molecular flexibility index (Phi) is 4.61. The number of nitrogens with one attached hydrogen (secondary N) is 1. The Balaban J connectivity index is 1.51. The van der Waals surface area contributed by atoms with Crippen LogP contribution in [0.5, 0.6) is 0 Å². The summed E-state index contributed by atoms with van der Waals surface area (Å²) in [5.74, 6) is 0.0983. The first kappa shape index (κ1) is 18.5. The van der Waals surface area contributed by atoms with Crippen molar-refractivity contribution in [2.75, 3.05) is 29.9 Å². The summed E-state index contributed by atoms with van der Waals surface area (Å²) in [6.45, 7) is 8.29. The van der Waals surface area contributed by atoms with Gasteiger partial charge in [-0.3, -0.25) is 14.3 Å². The third-order valence-corrected chi connectivity index (χ3v) is 6.08. The van der Waals surface area contributed by atoms with Crippen molar-refractivity contribution in [3.63, 3.8) is 0 Å². The van der Waals surface area contributed by atoms with Gasteiger partial charge in [0.1, 0.15) is 0 Å². The minimum atomic E-state index is -0.195. The highest BCUT2D eigenvalue weighted by atomic mass is 16.2. The Bertz CT molecular complexity index is 911. The van der Waals surface area contributed by atoms with Crippen LogP contribution in [0.1, 0.15) is 42.7 Å². The third-order valence-electron chi connectivity index (χ3n) is 6.08. The van der Waals surface area contributed by atoms with Crippen molar-refractivity contribution in [1.29, 1.82) is 0 Å². The first-order valence-electron chi connectivity index (χ1n) is 9.91. The van der Waals surface area contributed by atoms with E-state index in [0.29, 0.717) is 25.2 Å². The predicted octanol–water partition coefficient (Wildman–Crippen LogP) is 2.66. The smallest absolute Gasteiger partial charge is 0.257 e. The predicted molar refractivity (Wildman–Crippen MR) is 109 cm³/mol. The van der Waals surface area contributed by atoms with Crippen LogP contribution in [0.25, 0.3) is 0 Å². The molecule has 2 aliphatic heterocycles. The van der Waals surface area contributed by atoms with Gasteiger partial charge in [0, 0.05) is 38.8 Å². The van der Waals surface area contributed by atoms with Crippen LogP contribution in [0.4, 0.5) is 11.4 Å². The molecular formula is C21H27N5O2. The molecule has 1 spiro atoms. The van der Waals surface area contributed by atoms with Crippen molar-refractivity contribution >= 4 is 23.2 Å². The third kappa shape index (κ3) is 3.04. The van der Waals surface area contributed by atoms with E-state index in [-0.39, 0.29) is 17.4 Å². The zero-order valence-electron chi connectivity index (χ0n) is 16.7. The molecule has 1 aromatic carbocycles. The summed E-state index contributed by atoms with van der Waals surface area (Å²) >= 11 is 0. The van der Waals surface area contributed by atoms with Crippen LogP contribution < -0.4 is 10.2 Å². The van der Waals surface area contributed by atoms with Gasteiger partial charge < -0.3 is 15.1 Å². The van der Waals surface area contributed by atoms with Crippen molar-refractivity contribution < 1.29 is 9.59 Å². The number of nitrogens with zero attached hydrogens (tertiary/aromatic N) is 4. The number of fused-ring (bicyclic) bond motifs is 1. The molecule has 0 atom stereocenters. The number of anilines is 2. The number of carbonyl (C=O) groups excluding carboxylic acids is 2. The van der Waals surface area contributed by atoms with Crippen molar-refractivity contribution in [2.45, 2.75) is 45.7 Å². The second-order valence-electron chi connectivity index (χ2n) is 7.78. The van der Waals surface area contributed by atoms with Crippen molar-refractivity contribution in [1.82, 2.24) is 14.7 Å². The van der Waals surface area contributed by atoms with Gasteiger partial charge in [-0.15, -0.1) is 0 Å². The fourth-order valence-electron chi connectivity index (χ4n) is 4.38. The van der Waals surface area contributed by atoms with E-state index in [0.717, 1.165) is 36.5 Å². The quantitative estimate of drug-likeness (QED) is 0.868. The number of aryl methyl sites for hydroxylation is 1. The maximum atomic E-state index is 13.0. The molecule has 0 unspecified atom stereocenters. The van der Waals surface area contributed by atoms with Crippen LogP contribution in [0.3, 0.4) is 0 Å². The number of carbonyl (C=O) groups is 2. The molecule has 2 aromatic rings. The second-order valence-corrected chi connectivity index (χ2v) is 7.78. The van der Waals surface area contributed by atoms with Crippen LogP contribution in [-0.2, 0) is 11.3 Å². The summed E-state index contributed by atoms with van der Waals surface area (Å²) in [5, 5.41) is 7.97. The molecule has 0 saturated carbocycles. The number of aromatic nitrogens is 2. The molecule has 0 bridgehead atoms. The average molecular weight is 381 g/mol. The number of para-hydroxylation sites is 2. The maximum absolute atomic E-state index is 13.0. The first-order chi connectivity index (χ1) is 13.4. The van der Waals surface area contributed by atoms with Crippen molar-refractivity contribution in [3.8, 4) is 0 Å². The molecule has 7 heteroatoms. The highest BCUT2D eigenvalue weighted by Crippen LogP contribution is 2.39. The Morgan fingerprint density at radius 3 is 2.57 bits per heavy atom. The van der Waals surface area contributed by atoms with Gasteiger partial charge >= 0.3 is 0 Å². The Morgan fingerprint density at radius 1 is 1.21 bits per heavy atom. The van der Waals surface area contributed by atoms with E-state index in [4.69, 9.17) is 0 Å². The SMILES string of the molecule is CCn1ncc(C(=O)N2CCC3(CC2)CN(C(C)=O)c2ccccc2N3)c1C. The largest absolute Gasteiger partial charge is 0.376 e. The lowest BCUT2D eigenvalue weighted by molar-refractivity contribution is -0.116. The normalized spacial score (nSPS) is 18.0. The monoisotopic (exact) mass is 381 g/mol. The van der Waals surface area contributed by atoms with Gasteiger partial charge in [0.15, 0.2) is 0 Å². The molecule has 28 heavy (non-hydrogen) atoms. The number of hydrogen-bond donors (Lipinski definition) is 1. The molecule has 0 radical (unpaired) electrons. The molecule has 1 aromatic heterocycles. The zero-order valence-corrected chi connectivity index (χ0v) is 16.7. The van der Waals surface area contributed by atoms with E-state index in [9.17, 15) is 9.59 Å². The minimum Gasteiger partial charge on any atom is -0.376 e. The molecule has 3 heterocycles.